The molecule has 2 bridgehead atoms. The average Bonchev–Trinajstić information content (AvgIpc) is 4.20. The van der Waals surface area contributed by atoms with Gasteiger partial charge in [0.05, 0.1) is 10.9 Å². The average molecular weight is 1100 g/mol. The van der Waals surface area contributed by atoms with E-state index in [1.54, 1.807) is 22.9 Å². The number of thioether (sulfide) groups is 1. The first-order valence-corrected chi connectivity index (χ1v) is 28.8. The second kappa shape index (κ2) is 26.6. The van der Waals surface area contributed by atoms with E-state index < -0.39 is 11.6 Å². The molecule has 2 aromatic heterocycles. The Morgan fingerprint density at radius 3 is 2.38 bits per heavy atom. The maximum Gasteiger partial charge on any atom is 0.319 e. The van der Waals surface area contributed by atoms with Crippen LogP contribution in [0.15, 0.2) is 72.3 Å². The third kappa shape index (κ3) is 14.6. The van der Waals surface area contributed by atoms with Crippen molar-refractivity contribution in [3.05, 3.63) is 101 Å². The number of hydrogen-bond acceptors (Lipinski definition) is 12. The van der Waals surface area contributed by atoms with E-state index in [1.807, 2.05) is 17.5 Å². The molecule has 4 aliphatic rings. The van der Waals surface area contributed by atoms with Gasteiger partial charge in [-0.05, 0) is 124 Å². The summed E-state index contributed by atoms with van der Waals surface area (Å²) in [6, 6.07) is 14.3. The number of piperidine rings is 1. The lowest BCUT2D eigenvalue weighted by Crippen LogP contribution is -2.51. The van der Waals surface area contributed by atoms with Crippen LogP contribution in [0.2, 0.25) is 0 Å². The number of carbonyl (C=O) groups is 3. The number of hydrogen-bond donors (Lipinski definition) is 4. The van der Waals surface area contributed by atoms with Crippen LogP contribution in [0.1, 0.15) is 129 Å². The Kier molecular flexibility index (Phi) is 19.7. The van der Waals surface area contributed by atoms with Crippen LogP contribution in [0.5, 0.6) is 11.8 Å². The minimum Gasteiger partial charge on any atom is -0.508 e. The van der Waals surface area contributed by atoms with E-state index in [-0.39, 0.29) is 74.9 Å². The number of pyridine rings is 1. The van der Waals surface area contributed by atoms with Gasteiger partial charge in [0, 0.05) is 85.9 Å². The van der Waals surface area contributed by atoms with Gasteiger partial charge in [-0.25, -0.2) is 8.78 Å². The van der Waals surface area contributed by atoms with E-state index in [2.05, 4.69) is 102 Å². The van der Waals surface area contributed by atoms with E-state index in [0.717, 1.165) is 114 Å². The van der Waals surface area contributed by atoms with Crippen molar-refractivity contribution in [3.63, 3.8) is 0 Å². The molecule has 6 heterocycles. The normalized spacial score (nSPS) is 18.8. The van der Waals surface area contributed by atoms with E-state index in [9.17, 15) is 23.9 Å². The highest BCUT2D eigenvalue weighted by Gasteiger charge is 2.35. The first-order chi connectivity index (χ1) is 37.9. The van der Waals surface area contributed by atoms with Gasteiger partial charge in [-0.1, -0.05) is 93.8 Å². The Morgan fingerprint density at radius 1 is 0.987 bits per heavy atom. The number of nitrogens with one attached hydrogen (secondary N) is 3. The molecule has 17 heteroatoms. The summed E-state index contributed by atoms with van der Waals surface area (Å²) in [7, 11) is 0. The second-order valence-electron chi connectivity index (χ2n) is 22.7. The first-order valence-electron chi connectivity index (χ1n) is 28.0. The van der Waals surface area contributed by atoms with Gasteiger partial charge < -0.3 is 40.5 Å². The predicted octanol–water partition coefficient (Wildman–Crippen LogP) is 10.6. The number of ether oxygens (including phenoxy) is 1. The molecule has 5 aromatic rings. The number of terminal acetylenes is 1. The summed E-state index contributed by atoms with van der Waals surface area (Å²) in [5.74, 6) is 1.56. The number of fused-ring (bicyclic) bond motifs is 4. The van der Waals surface area contributed by atoms with Crippen molar-refractivity contribution in [1.29, 1.82) is 0 Å². The Hall–Kier alpha value is -6.61. The summed E-state index contributed by atoms with van der Waals surface area (Å²) in [5, 5.41) is 23.3. The maximum absolute atomic E-state index is 16.9. The smallest absolute Gasteiger partial charge is 0.319 e. The molecule has 0 saturated carbocycles. The molecule has 4 atom stereocenters. The summed E-state index contributed by atoms with van der Waals surface area (Å²) >= 11 is 1.62. The van der Waals surface area contributed by atoms with E-state index in [1.165, 1.54) is 34.7 Å². The largest absolute Gasteiger partial charge is 0.508 e. The van der Waals surface area contributed by atoms with Crippen LogP contribution in [0, 0.1) is 29.4 Å². The highest BCUT2D eigenvalue weighted by Crippen LogP contribution is 2.40. The minimum atomic E-state index is -0.724. The fourth-order valence-electron chi connectivity index (χ4n) is 11.0. The quantitative estimate of drug-likeness (QED) is 0.0352. The van der Waals surface area contributed by atoms with Gasteiger partial charge in [0.15, 0.2) is 5.82 Å². The van der Waals surface area contributed by atoms with Crippen LogP contribution in [-0.4, -0.2) is 118 Å². The van der Waals surface area contributed by atoms with E-state index >= 15 is 4.39 Å². The summed E-state index contributed by atoms with van der Waals surface area (Å²) in [6.07, 6.45) is 17.9. The molecular weight excluding hydrogens is 1020 g/mol. The number of likely N-dealkylation sites (tertiary alicyclic amines) is 2. The number of phenolic OH excluding ortho intramolecular Hbond substituents is 1. The van der Waals surface area contributed by atoms with Crippen molar-refractivity contribution in [2.24, 2.45) is 5.41 Å². The number of nitrogens with zero attached hydrogens (tertiary/aromatic N) is 6. The molecule has 3 aromatic carbocycles. The van der Waals surface area contributed by atoms with Crippen LogP contribution in [-0.2, 0) is 20.9 Å². The zero-order valence-electron chi connectivity index (χ0n) is 46.7. The van der Waals surface area contributed by atoms with Crippen molar-refractivity contribution in [3.8, 4) is 35.4 Å². The van der Waals surface area contributed by atoms with Crippen LogP contribution < -0.4 is 25.6 Å². The topological polar surface area (TPSA) is 165 Å². The monoisotopic (exact) mass is 1100 g/mol. The fourth-order valence-corrected chi connectivity index (χ4v) is 11.6. The molecular formula is C62H77F2N9O5S. The zero-order chi connectivity index (χ0) is 56.4. The predicted molar refractivity (Wildman–Crippen MR) is 312 cm³/mol. The van der Waals surface area contributed by atoms with Crippen LogP contribution >= 0.6 is 11.8 Å². The van der Waals surface area contributed by atoms with Gasteiger partial charge in [-0.15, -0.1) is 6.42 Å². The number of allylic oxidation sites excluding steroid dienone is 1. The summed E-state index contributed by atoms with van der Waals surface area (Å²) in [4.78, 5) is 57.0. The minimum absolute atomic E-state index is 0.0328. The zero-order valence-corrected chi connectivity index (χ0v) is 47.5. The molecule has 4 saturated heterocycles. The van der Waals surface area contributed by atoms with Crippen molar-refractivity contribution in [2.45, 2.75) is 149 Å². The Bertz CT molecular complexity index is 3060. The maximum atomic E-state index is 16.9. The molecule has 4 aliphatic heterocycles. The molecule has 0 spiro atoms. The summed E-state index contributed by atoms with van der Waals surface area (Å²) in [6.45, 7) is 21.7. The highest BCUT2D eigenvalue weighted by atomic mass is 32.2. The number of benzene rings is 3. The number of piperazine rings is 1. The lowest BCUT2D eigenvalue weighted by atomic mass is 9.88. The van der Waals surface area contributed by atoms with Gasteiger partial charge in [0.1, 0.15) is 40.7 Å². The van der Waals surface area contributed by atoms with Crippen molar-refractivity contribution in [1.82, 2.24) is 40.7 Å². The molecule has 420 valence electrons. The number of aromatic hydroxyl groups is 1. The lowest BCUT2D eigenvalue weighted by molar-refractivity contribution is -0.131. The fraction of sp³-hybridized carbons (Fsp3) is 0.484. The standard InChI is InChI=1S/C43H53F2N7O3.C19H24N2O2S/c1-6-32-35(44)15-12-27-21-30(53)22-33(37(27)32)39-38(45)40-34(23-46-39)41(52-24-28-13-14-29(25-52)48-28)50-42(49-40)55-31-16-19-51(20-17-31)18-10-8-7-9-11-36(54)47-26(2)43(3,4)5;1-4-24-18(14(2)3)16-9-7-15(8-10-16)12-20-19(23)17-6-5-11-21(17)13-22/h1,12,15,21-23,26,28-29,31,48,53H,7-11,13-14,16-20,24-25H2,2-5H3,(H,47,54);4,7-10,13,17H,1,5-6,11-12H2,2-3H3,(H,20,23)/t;17-/m.0/s1. The summed E-state index contributed by atoms with van der Waals surface area (Å²) in [5.41, 5.74) is 3.58. The molecule has 79 heavy (non-hydrogen) atoms. The van der Waals surface area contributed by atoms with Gasteiger partial charge in [-0.2, -0.15) is 9.97 Å². The number of rotatable bonds is 19. The Labute approximate surface area is 468 Å². The Balaban J connectivity index is 0.000000286. The van der Waals surface area contributed by atoms with Crippen molar-refractivity contribution >= 4 is 62.4 Å². The van der Waals surface area contributed by atoms with Crippen LogP contribution in [0.25, 0.3) is 37.8 Å². The molecule has 0 radical (unpaired) electrons. The van der Waals surface area contributed by atoms with Gasteiger partial charge in [0.2, 0.25) is 18.2 Å². The third-order valence-corrected chi connectivity index (χ3v) is 16.8. The lowest BCUT2D eigenvalue weighted by Gasteiger charge is -2.35. The number of amides is 3. The first kappa shape index (κ1) is 58.5. The molecule has 4 N–H and O–H groups in total. The molecule has 0 aliphatic carbocycles. The SMILES string of the molecule is C#Cc1c(F)ccc2cc(O)cc(-c3ncc4c(N5CC6CCC(C5)N6)nc(OC5CCN(CCCCCCC(=O)NC(C)C(C)(C)C)CC5)nc4c3F)c12.C=CSC(=C(C)C)c1ccc(CNC(=O)[C@@H]2CCCN2C=O)cc1. The molecule has 3 amide bonds. The van der Waals surface area contributed by atoms with Crippen LogP contribution in [0.4, 0.5) is 14.6 Å². The van der Waals surface area contributed by atoms with Crippen molar-refractivity contribution in [2.75, 3.05) is 44.2 Å². The number of unbranched alkanes of at least 4 members (excludes halogenated alkanes) is 3. The van der Waals surface area contributed by atoms with Gasteiger partial charge >= 0.3 is 6.01 Å². The van der Waals surface area contributed by atoms with E-state index in [4.69, 9.17) is 16.1 Å². The molecule has 4 fully saturated rings. The van der Waals surface area contributed by atoms with Crippen molar-refractivity contribution < 1.29 is 33.0 Å². The molecule has 3 unspecified atom stereocenters. The number of carbonyl (C=O) groups excluding carboxylic acids is 3. The highest BCUT2D eigenvalue weighted by molar-refractivity contribution is 8.10. The Morgan fingerprint density at radius 2 is 1.71 bits per heavy atom. The molecule has 14 nitrogen and oxygen atoms in total. The number of anilines is 1. The number of phenols is 1. The van der Waals surface area contributed by atoms with E-state index in [0.29, 0.717) is 48.2 Å². The molecule has 9 rings (SSSR count). The van der Waals surface area contributed by atoms with Crippen LogP contribution in [0.3, 0.4) is 0 Å². The number of aromatic nitrogens is 3. The van der Waals surface area contributed by atoms with Gasteiger partial charge in [0.25, 0.3) is 0 Å². The van der Waals surface area contributed by atoms with Gasteiger partial charge in [-0.3, -0.25) is 19.4 Å². The third-order valence-electron chi connectivity index (χ3n) is 15.8. The second-order valence-corrected chi connectivity index (χ2v) is 23.7. The summed E-state index contributed by atoms with van der Waals surface area (Å²) < 4.78 is 38.3. The number of halogens is 2.